The SMILES string of the molecule is CC[C@@]12c3ccccc3C(=O)N1c1ccccc1[C@@H]2C#N. The van der Waals surface area contributed by atoms with Crippen molar-refractivity contribution in [3.63, 3.8) is 0 Å². The van der Waals surface area contributed by atoms with E-state index in [2.05, 4.69) is 13.0 Å². The summed E-state index contributed by atoms with van der Waals surface area (Å²) in [7, 11) is 0. The molecule has 0 radical (unpaired) electrons. The first-order chi connectivity index (χ1) is 10.3. The van der Waals surface area contributed by atoms with Crippen LogP contribution in [0.15, 0.2) is 48.5 Å². The molecule has 0 saturated carbocycles. The van der Waals surface area contributed by atoms with E-state index in [9.17, 15) is 10.1 Å². The average molecular weight is 274 g/mol. The average Bonchev–Trinajstić information content (AvgIpc) is 2.97. The van der Waals surface area contributed by atoms with E-state index in [1.807, 2.05) is 53.4 Å². The van der Waals surface area contributed by atoms with Gasteiger partial charge < -0.3 is 0 Å². The van der Waals surface area contributed by atoms with Gasteiger partial charge in [0.05, 0.1) is 11.6 Å². The number of carbonyl (C=O) groups excluding carboxylic acids is 1. The van der Waals surface area contributed by atoms with Gasteiger partial charge in [-0.15, -0.1) is 0 Å². The summed E-state index contributed by atoms with van der Waals surface area (Å²) in [6, 6.07) is 17.9. The first-order valence-corrected chi connectivity index (χ1v) is 7.18. The van der Waals surface area contributed by atoms with Gasteiger partial charge in [0.2, 0.25) is 0 Å². The summed E-state index contributed by atoms with van der Waals surface area (Å²) in [4.78, 5) is 14.7. The van der Waals surface area contributed by atoms with Gasteiger partial charge in [0.1, 0.15) is 5.92 Å². The minimum Gasteiger partial charge on any atom is -0.296 e. The quantitative estimate of drug-likeness (QED) is 0.798. The number of amides is 1. The molecule has 0 aliphatic carbocycles. The number of hydrogen-bond acceptors (Lipinski definition) is 2. The third kappa shape index (κ3) is 1.21. The summed E-state index contributed by atoms with van der Waals surface area (Å²) in [6.45, 7) is 2.05. The normalized spacial score (nSPS) is 25.2. The van der Waals surface area contributed by atoms with Crippen LogP contribution in [0.2, 0.25) is 0 Å². The van der Waals surface area contributed by atoms with Crippen LogP contribution >= 0.6 is 0 Å². The molecule has 2 heterocycles. The second-order valence-corrected chi connectivity index (χ2v) is 5.58. The van der Waals surface area contributed by atoms with Crippen molar-refractivity contribution < 1.29 is 4.79 Å². The smallest absolute Gasteiger partial charge is 0.259 e. The minimum atomic E-state index is -0.549. The summed E-state index contributed by atoms with van der Waals surface area (Å²) in [5.41, 5.74) is 3.01. The van der Waals surface area contributed by atoms with Crippen molar-refractivity contribution in [1.82, 2.24) is 0 Å². The van der Waals surface area contributed by atoms with Crippen LogP contribution in [-0.2, 0) is 5.54 Å². The van der Waals surface area contributed by atoms with Crippen molar-refractivity contribution in [3.8, 4) is 6.07 Å². The zero-order valence-corrected chi connectivity index (χ0v) is 11.7. The highest BCUT2D eigenvalue weighted by Crippen LogP contribution is 2.58. The van der Waals surface area contributed by atoms with Crippen LogP contribution in [0, 0.1) is 11.3 Å². The van der Waals surface area contributed by atoms with Gasteiger partial charge in [0.25, 0.3) is 5.91 Å². The molecule has 4 rings (SSSR count). The highest BCUT2D eigenvalue weighted by molar-refractivity contribution is 6.14. The van der Waals surface area contributed by atoms with Crippen molar-refractivity contribution in [3.05, 3.63) is 65.2 Å². The molecule has 1 amide bonds. The molecule has 0 N–H and O–H groups in total. The van der Waals surface area contributed by atoms with Gasteiger partial charge in [0.15, 0.2) is 0 Å². The lowest BCUT2D eigenvalue weighted by Crippen LogP contribution is -2.42. The first-order valence-electron chi connectivity index (χ1n) is 7.18. The number of rotatable bonds is 1. The zero-order chi connectivity index (χ0) is 14.6. The van der Waals surface area contributed by atoms with Gasteiger partial charge in [-0.3, -0.25) is 9.69 Å². The number of fused-ring (bicyclic) bond motifs is 5. The van der Waals surface area contributed by atoms with Crippen LogP contribution in [0.5, 0.6) is 0 Å². The van der Waals surface area contributed by atoms with Gasteiger partial charge in [-0.1, -0.05) is 43.3 Å². The first kappa shape index (κ1) is 12.2. The Kier molecular flexibility index (Phi) is 2.29. The molecule has 3 heteroatoms. The molecular formula is C18H14N2O. The van der Waals surface area contributed by atoms with Crippen LogP contribution in [0.1, 0.15) is 40.7 Å². The van der Waals surface area contributed by atoms with Gasteiger partial charge in [-0.25, -0.2) is 0 Å². The molecular weight excluding hydrogens is 260 g/mol. The molecule has 0 unspecified atom stereocenters. The zero-order valence-electron chi connectivity index (χ0n) is 11.7. The molecule has 0 bridgehead atoms. The Labute approximate surface area is 123 Å². The Morgan fingerprint density at radius 1 is 1.19 bits per heavy atom. The fraction of sp³-hybridized carbons (Fsp3) is 0.222. The van der Waals surface area contributed by atoms with Crippen molar-refractivity contribution in [2.75, 3.05) is 4.90 Å². The lowest BCUT2D eigenvalue weighted by molar-refractivity contribution is 0.0977. The van der Waals surface area contributed by atoms with Gasteiger partial charge in [0, 0.05) is 11.3 Å². The van der Waals surface area contributed by atoms with Crippen molar-refractivity contribution in [1.29, 1.82) is 5.26 Å². The van der Waals surface area contributed by atoms with Crippen LogP contribution in [0.3, 0.4) is 0 Å². The predicted molar refractivity (Wildman–Crippen MR) is 80.0 cm³/mol. The van der Waals surface area contributed by atoms with Crippen LogP contribution < -0.4 is 4.90 Å². The summed E-state index contributed by atoms with van der Waals surface area (Å²) in [5, 5.41) is 9.78. The van der Waals surface area contributed by atoms with E-state index in [0.29, 0.717) is 0 Å². The van der Waals surface area contributed by atoms with E-state index in [1.165, 1.54) is 0 Å². The Morgan fingerprint density at radius 3 is 2.67 bits per heavy atom. The fourth-order valence-corrected chi connectivity index (χ4v) is 4.00. The molecule has 3 nitrogen and oxygen atoms in total. The highest BCUT2D eigenvalue weighted by Gasteiger charge is 2.59. The van der Waals surface area contributed by atoms with Gasteiger partial charge >= 0.3 is 0 Å². The molecule has 2 atom stereocenters. The number of benzene rings is 2. The molecule has 2 aliphatic rings. The number of hydrogen-bond donors (Lipinski definition) is 0. The molecule has 2 aromatic rings. The third-order valence-corrected chi connectivity index (χ3v) is 4.86. The number of nitriles is 1. The molecule has 21 heavy (non-hydrogen) atoms. The molecule has 0 fully saturated rings. The van der Waals surface area contributed by atoms with Gasteiger partial charge in [-0.2, -0.15) is 5.26 Å². The second kappa shape index (κ2) is 3.95. The molecule has 102 valence electrons. The molecule has 0 saturated heterocycles. The Morgan fingerprint density at radius 2 is 1.90 bits per heavy atom. The number of para-hydroxylation sites is 1. The minimum absolute atomic E-state index is 0.0117. The maximum absolute atomic E-state index is 12.9. The van der Waals surface area contributed by atoms with E-state index >= 15 is 0 Å². The number of anilines is 1. The summed E-state index contributed by atoms with van der Waals surface area (Å²) in [6.07, 6.45) is 0.725. The van der Waals surface area contributed by atoms with Crippen LogP contribution in [-0.4, -0.2) is 5.91 Å². The lowest BCUT2D eigenvalue weighted by atomic mass is 9.76. The van der Waals surface area contributed by atoms with Gasteiger partial charge in [-0.05, 0) is 29.7 Å². The van der Waals surface area contributed by atoms with Crippen molar-refractivity contribution >= 4 is 11.6 Å². The third-order valence-electron chi connectivity index (χ3n) is 4.86. The molecule has 2 aliphatic heterocycles. The van der Waals surface area contributed by atoms with E-state index in [0.717, 1.165) is 28.8 Å². The fourth-order valence-electron chi connectivity index (χ4n) is 4.00. The summed E-state index contributed by atoms with van der Waals surface area (Å²) < 4.78 is 0. The Hall–Kier alpha value is -2.60. The second-order valence-electron chi connectivity index (χ2n) is 5.58. The van der Waals surface area contributed by atoms with Crippen LogP contribution in [0.25, 0.3) is 0 Å². The Balaban J connectivity index is 2.09. The maximum atomic E-state index is 12.9. The van der Waals surface area contributed by atoms with E-state index < -0.39 is 5.54 Å². The largest absolute Gasteiger partial charge is 0.296 e. The number of nitrogens with zero attached hydrogens (tertiary/aromatic N) is 2. The summed E-state index contributed by atoms with van der Waals surface area (Å²) >= 11 is 0. The highest BCUT2D eigenvalue weighted by atomic mass is 16.2. The lowest BCUT2D eigenvalue weighted by Gasteiger charge is -2.34. The standard InChI is InChI=1S/C18H14N2O/c1-2-18-14-9-5-3-8-13(14)17(21)20(18)16-10-6-4-7-12(16)15(18)11-19/h3-10,15H,2H2,1H3/t15-,18-/m0/s1. The maximum Gasteiger partial charge on any atom is 0.259 e. The van der Waals surface area contributed by atoms with E-state index in [-0.39, 0.29) is 11.8 Å². The topological polar surface area (TPSA) is 44.1 Å². The summed E-state index contributed by atoms with van der Waals surface area (Å²) in [5.74, 6) is -0.302. The number of carbonyl (C=O) groups is 1. The monoisotopic (exact) mass is 274 g/mol. The van der Waals surface area contributed by atoms with E-state index in [1.54, 1.807) is 0 Å². The van der Waals surface area contributed by atoms with Crippen LogP contribution in [0.4, 0.5) is 5.69 Å². The van der Waals surface area contributed by atoms with E-state index in [4.69, 9.17) is 0 Å². The molecule has 2 aromatic carbocycles. The molecule has 0 spiro atoms. The predicted octanol–water partition coefficient (Wildman–Crippen LogP) is 3.57. The van der Waals surface area contributed by atoms with Crippen molar-refractivity contribution in [2.45, 2.75) is 24.8 Å². The molecule has 0 aromatic heterocycles. The Bertz CT molecular complexity index is 805. The van der Waals surface area contributed by atoms with Crippen molar-refractivity contribution in [2.24, 2.45) is 0 Å².